The molecule has 1 aliphatic carbocycles. The quantitative estimate of drug-likeness (QED) is 0.912. The van der Waals surface area contributed by atoms with Crippen molar-refractivity contribution in [2.75, 3.05) is 7.11 Å². The van der Waals surface area contributed by atoms with Gasteiger partial charge in [0.05, 0.1) is 18.9 Å². The third-order valence-corrected chi connectivity index (χ3v) is 3.96. The molecular formula is C16H18FNO2. The number of halogens is 1. The standard InChI is InChI=1S/C16H18FNO2/c1-10-8-12-14(4-3-5-16(12)19)18(10)15-9-11(20-2)6-7-13(15)17/h6-9,16,19H,3-5H2,1-2H3. The first-order valence-corrected chi connectivity index (χ1v) is 6.85. The number of aromatic nitrogens is 1. The van der Waals surface area contributed by atoms with Crippen molar-refractivity contribution in [1.29, 1.82) is 0 Å². The van der Waals surface area contributed by atoms with Crippen molar-refractivity contribution in [2.24, 2.45) is 0 Å². The van der Waals surface area contributed by atoms with E-state index in [1.54, 1.807) is 19.2 Å². The summed E-state index contributed by atoms with van der Waals surface area (Å²) in [5, 5.41) is 10.1. The van der Waals surface area contributed by atoms with Crippen LogP contribution in [-0.4, -0.2) is 16.8 Å². The number of hydrogen-bond acceptors (Lipinski definition) is 2. The minimum absolute atomic E-state index is 0.285. The van der Waals surface area contributed by atoms with E-state index in [9.17, 15) is 9.50 Å². The van der Waals surface area contributed by atoms with Crippen molar-refractivity contribution in [2.45, 2.75) is 32.3 Å². The highest BCUT2D eigenvalue weighted by Crippen LogP contribution is 2.35. The number of ether oxygens (including phenoxy) is 1. The maximum absolute atomic E-state index is 14.2. The summed E-state index contributed by atoms with van der Waals surface area (Å²) in [5.41, 5.74) is 3.35. The van der Waals surface area contributed by atoms with Crippen LogP contribution in [0.3, 0.4) is 0 Å². The van der Waals surface area contributed by atoms with E-state index in [4.69, 9.17) is 4.74 Å². The van der Waals surface area contributed by atoms with E-state index >= 15 is 0 Å². The molecule has 3 rings (SSSR count). The van der Waals surface area contributed by atoms with Gasteiger partial charge in [0, 0.05) is 23.0 Å². The third-order valence-electron chi connectivity index (χ3n) is 3.96. The molecule has 0 saturated carbocycles. The normalized spacial score (nSPS) is 17.9. The minimum Gasteiger partial charge on any atom is -0.497 e. The van der Waals surface area contributed by atoms with Crippen LogP contribution in [0.4, 0.5) is 4.39 Å². The highest BCUT2D eigenvalue weighted by atomic mass is 19.1. The van der Waals surface area contributed by atoms with Crippen LogP contribution in [0.25, 0.3) is 5.69 Å². The number of benzene rings is 1. The van der Waals surface area contributed by atoms with E-state index in [2.05, 4.69) is 0 Å². The molecule has 106 valence electrons. The predicted octanol–water partition coefficient (Wildman–Crippen LogP) is 3.30. The Morgan fingerprint density at radius 2 is 2.15 bits per heavy atom. The van der Waals surface area contributed by atoms with Crippen LogP contribution in [0, 0.1) is 12.7 Å². The molecule has 0 bridgehead atoms. The molecule has 4 heteroatoms. The second-order valence-corrected chi connectivity index (χ2v) is 5.25. The number of hydrogen-bond donors (Lipinski definition) is 1. The van der Waals surface area contributed by atoms with Gasteiger partial charge in [0.25, 0.3) is 0 Å². The lowest BCUT2D eigenvalue weighted by atomic mass is 9.95. The summed E-state index contributed by atoms with van der Waals surface area (Å²) in [4.78, 5) is 0. The van der Waals surface area contributed by atoms with Gasteiger partial charge in [-0.15, -0.1) is 0 Å². The zero-order valence-electron chi connectivity index (χ0n) is 11.7. The minimum atomic E-state index is -0.438. The Morgan fingerprint density at radius 3 is 2.90 bits per heavy atom. The number of methoxy groups -OCH3 is 1. The molecule has 1 aromatic carbocycles. The van der Waals surface area contributed by atoms with Gasteiger partial charge >= 0.3 is 0 Å². The Kier molecular flexibility index (Phi) is 3.26. The maximum atomic E-state index is 14.2. The molecule has 0 aliphatic heterocycles. The van der Waals surface area contributed by atoms with Gasteiger partial charge in [-0.1, -0.05) is 0 Å². The highest BCUT2D eigenvalue weighted by Gasteiger charge is 2.24. The SMILES string of the molecule is COc1ccc(F)c(-n2c(C)cc3c2CCCC3O)c1. The van der Waals surface area contributed by atoms with Gasteiger partial charge in [0.15, 0.2) is 0 Å². The van der Waals surface area contributed by atoms with Crippen LogP contribution >= 0.6 is 0 Å². The van der Waals surface area contributed by atoms with Crippen molar-refractivity contribution in [3.63, 3.8) is 0 Å². The van der Waals surface area contributed by atoms with Crippen LogP contribution < -0.4 is 4.74 Å². The topological polar surface area (TPSA) is 34.4 Å². The van der Waals surface area contributed by atoms with Gasteiger partial charge in [-0.05, 0) is 44.4 Å². The monoisotopic (exact) mass is 275 g/mol. The Bertz CT molecular complexity index is 648. The third kappa shape index (κ3) is 2.00. The number of aryl methyl sites for hydroxylation is 1. The molecule has 1 atom stereocenters. The maximum Gasteiger partial charge on any atom is 0.147 e. The largest absolute Gasteiger partial charge is 0.497 e. The zero-order chi connectivity index (χ0) is 14.3. The lowest BCUT2D eigenvalue weighted by Crippen LogP contribution is -2.12. The second-order valence-electron chi connectivity index (χ2n) is 5.25. The van der Waals surface area contributed by atoms with E-state index in [-0.39, 0.29) is 5.82 Å². The molecule has 0 fully saturated rings. The smallest absolute Gasteiger partial charge is 0.147 e. The molecule has 0 amide bonds. The summed E-state index contributed by atoms with van der Waals surface area (Å²) < 4.78 is 21.3. The summed E-state index contributed by atoms with van der Waals surface area (Å²) in [6.07, 6.45) is 2.12. The number of aliphatic hydroxyl groups is 1. The lowest BCUT2D eigenvalue weighted by Gasteiger charge is -2.21. The number of nitrogens with zero attached hydrogens (tertiary/aromatic N) is 1. The van der Waals surface area contributed by atoms with Gasteiger partial charge in [0.2, 0.25) is 0 Å². The molecule has 1 N–H and O–H groups in total. The Labute approximate surface area is 117 Å². The summed E-state index contributed by atoms with van der Waals surface area (Å²) in [6, 6.07) is 6.68. The Morgan fingerprint density at radius 1 is 1.35 bits per heavy atom. The van der Waals surface area contributed by atoms with Crippen LogP contribution in [0.2, 0.25) is 0 Å². The first-order chi connectivity index (χ1) is 9.61. The van der Waals surface area contributed by atoms with Crippen LogP contribution in [0.15, 0.2) is 24.3 Å². The number of fused-ring (bicyclic) bond motifs is 1. The van der Waals surface area contributed by atoms with Gasteiger partial charge in [0.1, 0.15) is 11.6 Å². The first kappa shape index (κ1) is 13.2. The van der Waals surface area contributed by atoms with Crippen molar-refractivity contribution in [1.82, 2.24) is 4.57 Å². The van der Waals surface area contributed by atoms with Crippen LogP contribution in [-0.2, 0) is 6.42 Å². The number of aliphatic hydroxyl groups excluding tert-OH is 1. The highest BCUT2D eigenvalue weighted by molar-refractivity contribution is 5.47. The molecule has 3 nitrogen and oxygen atoms in total. The van der Waals surface area contributed by atoms with Gasteiger partial charge in [-0.2, -0.15) is 0 Å². The zero-order valence-corrected chi connectivity index (χ0v) is 11.7. The molecule has 0 saturated heterocycles. The van der Waals surface area contributed by atoms with E-state index in [1.807, 2.05) is 17.6 Å². The molecule has 1 aromatic heterocycles. The van der Waals surface area contributed by atoms with E-state index < -0.39 is 6.10 Å². The summed E-state index contributed by atoms with van der Waals surface area (Å²) in [7, 11) is 1.57. The second kappa shape index (κ2) is 4.94. The van der Waals surface area contributed by atoms with Crippen molar-refractivity contribution >= 4 is 0 Å². The van der Waals surface area contributed by atoms with Crippen LogP contribution in [0.1, 0.15) is 35.9 Å². The fourth-order valence-electron chi connectivity index (χ4n) is 3.00. The van der Waals surface area contributed by atoms with Crippen molar-refractivity contribution < 1.29 is 14.2 Å². The van der Waals surface area contributed by atoms with Gasteiger partial charge in [-0.3, -0.25) is 0 Å². The fraction of sp³-hybridized carbons (Fsp3) is 0.375. The molecule has 1 unspecified atom stereocenters. The summed E-state index contributed by atoms with van der Waals surface area (Å²) >= 11 is 0. The average Bonchev–Trinajstić information content (AvgIpc) is 2.77. The van der Waals surface area contributed by atoms with Crippen LogP contribution in [0.5, 0.6) is 5.75 Å². The average molecular weight is 275 g/mol. The Hall–Kier alpha value is -1.81. The van der Waals surface area contributed by atoms with Gasteiger partial charge < -0.3 is 14.4 Å². The van der Waals surface area contributed by atoms with Crippen molar-refractivity contribution in [3.05, 3.63) is 47.0 Å². The molecule has 0 spiro atoms. The fourth-order valence-corrected chi connectivity index (χ4v) is 3.00. The predicted molar refractivity (Wildman–Crippen MR) is 74.9 cm³/mol. The summed E-state index contributed by atoms with van der Waals surface area (Å²) in [5.74, 6) is 0.340. The molecule has 0 radical (unpaired) electrons. The molecule has 20 heavy (non-hydrogen) atoms. The molecule has 1 heterocycles. The van der Waals surface area contributed by atoms with Gasteiger partial charge in [-0.25, -0.2) is 4.39 Å². The molecular weight excluding hydrogens is 257 g/mol. The van der Waals surface area contributed by atoms with E-state index in [0.29, 0.717) is 11.4 Å². The van der Waals surface area contributed by atoms with Crippen molar-refractivity contribution in [3.8, 4) is 11.4 Å². The lowest BCUT2D eigenvalue weighted by molar-refractivity contribution is 0.156. The molecule has 1 aliphatic rings. The summed E-state index contributed by atoms with van der Waals surface area (Å²) in [6.45, 7) is 1.93. The van der Waals surface area contributed by atoms with E-state index in [0.717, 1.165) is 36.2 Å². The first-order valence-electron chi connectivity index (χ1n) is 6.85. The number of rotatable bonds is 2. The Balaban J connectivity index is 2.20. The molecule has 2 aromatic rings. The van der Waals surface area contributed by atoms with E-state index in [1.165, 1.54) is 6.07 Å².